The third kappa shape index (κ3) is 5.98. The number of anilines is 2. The zero-order valence-electron chi connectivity index (χ0n) is 21.0. The first-order valence-electron chi connectivity index (χ1n) is 11.2. The molecule has 3 aromatic rings. The minimum atomic E-state index is -2.13. The van der Waals surface area contributed by atoms with Crippen LogP contribution in [0.1, 0.15) is 22.0 Å². The van der Waals surface area contributed by atoms with Crippen LogP contribution in [0.2, 0.25) is 19.6 Å². The van der Waals surface area contributed by atoms with Crippen molar-refractivity contribution in [2.75, 3.05) is 38.3 Å². The van der Waals surface area contributed by atoms with Crippen LogP contribution in [0.4, 0.5) is 11.4 Å². The fourth-order valence-electron chi connectivity index (χ4n) is 3.61. The predicted octanol–water partition coefficient (Wildman–Crippen LogP) is 5.97. The van der Waals surface area contributed by atoms with Gasteiger partial charge in [-0.2, -0.15) is 0 Å². The summed E-state index contributed by atoms with van der Waals surface area (Å²) in [5, 5.41) is 1.74. The summed E-state index contributed by atoms with van der Waals surface area (Å²) in [4.78, 5) is 16.1. The average molecular weight is 479 g/mol. The van der Waals surface area contributed by atoms with Crippen molar-refractivity contribution < 1.29 is 18.8 Å². The molecule has 0 amide bonds. The zero-order valence-corrected chi connectivity index (χ0v) is 22.0. The maximum absolute atomic E-state index is 14.1. The first-order chi connectivity index (χ1) is 16.1. The number of rotatable bonds is 10. The van der Waals surface area contributed by atoms with Crippen LogP contribution in [-0.4, -0.2) is 42.4 Å². The molecule has 0 saturated carbocycles. The van der Waals surface area contributed by atoms with Gasteiger partial charge < -0.3 is 18.9 Å². The lowest BCUT2D eigenvalue weighted by atomic mass is 9.96. The van der Waals surface area contributed by atoms with Gasteiger partial charge in [0.15, 0.2) is 5.78 Å². The maximum atomic E-state index is 14.1. The number of carbonyl (C=O) groups is 1. The van der Waals surface area contributed by atoms with Crippen molar-refractivity contribution in [3.05, 3.63) is 83.9 Å². The molecule has 0 aromatic heterocycles. The molecule has 1 unspecified atom stereocenters. The Hall–Kier alpha value is -3.29. The highest BCUT2D eigenvalue weighted by atomic mass is 28.4. The summed E-state index contributed by atoms with van der Waals surface area (Å²) in [5.74, 6) is 1.26. The first kappa shape index (κ1) is 25.3. The lowest BCUT2D eigenvalue weighted by Gasteiger charge is -2.37. The molecule has 0 bridgehead atoms. The van der Waals surface area contributed by atoms with E-state index in [2.05, 4.69) is 19.6 Å². The summed E-state index contributed by atoms with van der Waals surface area (Å²) < 4.78 is 17.5. The Bertz CT molecular complexity index is 1090. The number of hydrogen-bond donors (Lipinski definition) is 0. The molecule has 0 aliphatic rings. The Morgan fingerprint density at radius 1 is 0.824 bits per heavy atom. The van der Waals surface area contributed by atoms with Crippen LogP contribution < -0.4 is 19.4 Å². The normalized spacial score (nSPS) is 12.1. The van der Waals surface area contributed by atoms with E-state index in [1.54, 1.807) is 43.5 Å². The fraction of sp³-hybridized carbons (Fsp3) is 0.296. The Labute approximate surface area is 203 Å². The van der Waals surface area contributed by atoms with Gasteiger partial charge in [-0.15, -0.1) is 0 Å². The van der Waals surface area contributed by atoms with Gasteiger partial charge in [-0.3, -0.25) is 4.79 Å². The van der Waals surface area contributed by atoms with Gasteiger partial charge in [-0.25, -0.2) is 5.06 Å². The molecule has 34 heavy (non-hydrogen) atoms. The van der Waals surface area contributed by atoms with Crippen LogP contribution in [0.25, 0.3) is 0 Å². The number of carbonyl (C=O) groups excluding carboxylic acids is 1. The van der Waals surface area contributed by atoms with Gasteiger partial charge in [0, 0.05) is 25.3 Å². The third-order valence-corrected chi connectivity index (χ3v) is 6.02. The second kappa shape index (κ2) is 10.8. The van der Waals surface area contributed by atoms with Gasteiger partial charge in [-0.05, 0) is 73.7 Å². The van der Waals surface area contributed by atoms with Gasteiger partial charge in [0.05, 0.1) is 14.2 Å². The molecule has 0 spiro atoms. The molecule has 0 heterocycles. The van der Waals surface area contributed by atoms with Gasteiger partial charge in [-0.1, -0.05) is 24.3 Å². The van der Waals surface area contributed by atoms with E-state index in [0.29, 0.717) is 22.7 Å². The fourth-order valence-corrected chi connectivity index (χ4v) is 4.40. The SMILES string of the molecule is COc1ccc(C(=O)C(c2ccc(N(C)C)cc2)N(O[Si](C)(C)C)c2ccccc2OC)cc1. The van der Waals surface area contributed by atoms with Crippen molar-refractivity contribution in [1.82, 2.24) is 0 Å². The summed E-state index contributed by atoms with van der Waals surface area (Å²) in [6.45, 7) is 6.29. The molecule has 3 aromatic carbocycles. The van der Waals surface area contributed by atoms with E-state index in [1.165, 1.54) is 0 Å². The van der Waals surface area contributed by atoms with E-state index >= 15 is 0 Å². The van der Waals surface area contributed by atoms with Crippen molar-refractivity contribution in [2.24, 2.45) is 0 Å². The first-order valence-corrected chi connectivity index (χ1v) is 14.6. The average Bonchev–Trinajstić information content (AvgIpc) is 2.83. The Morgan fingerprint density at radius 3 is 1.97 bits per heavy atom. The quantitative estimate of drug-likeness (QED) is 0.203. The van der Waals surface area contributed by atoms with E-state index in [4.69, 9.17) is 14.0 Å². The van der Waals surface area contributed by atoms with Gasteiger partial charge >= 0.3 is 0 Å². The van der Waals surface area contributed by atoms with Crippen LogP contribution in [0, 0.1) is 0 Å². The molecule has 3 rings (SSSR count). The number of hydroxylamine groups is 1. The number of ketones is 1. The number of methoxy groups -OCH3 is 2. The van der Waals surface area contributed by atoms with Crippen LogP contribution in [0.5, 0.6) is 11.5 Å². The molecule has 1 atom stereocenters. The van der Waals surface area contributed by atoms with E-state index in [0.717, 1.165) is 11.3 Å². The highest BCUT2D eigenvalue weighted by Crippen LogP contribution is 2.38. The molecule has 180 valence electrons. The number of ether oxygens (including phenoxy) is 2. The lowest BCUT2D eigenvalue weighted by molar-refractivity contribution is 0.0905. The highest BCUT2D eigenvalue weighted by Gasteiger charge is 2.35. The van der Waals surface area contributed by atoms with Gasteiger partial charge in [0.25, 0.3) is 0 Å². The van der Waals surface area contributed by atoms with Crippen molar-refractivity contribution >= 4 is 25.5 Å². The minimum Gasteiger partial charge on any atom is -0.497 e. The standard InChI is InChI=1S/C27H34N2O4Si/c1-28(2)22-16-12-20(13-17-22)26(27(30)21-14-18-23(31-3)19-15-21)29(33-34(5,6)7)24-10-8-9-11-25(24)32-4/h8-19,26H,1-7H3. The number of hydrogen-bond acceptors (Lipinski definition) is 6. The van der Waals surface area contributed by atoms with E-state index in [-0.39, 0.29) is 5.78 Å². The number of benzene rings is 3. The monoisotopic (exact) mass is 478 g/mol. The largest absolute Gasteiger partial charge is 0.497 e. The second-order valence-electron chi connectivity index (χ2n) is 9.18. The molecule has 6 nitrogen and oxygen atoms in total. The van der Waals surface area contributed by atoms with Crippen molar-refractivity contribution in [1.29, 1.82) is 0 Å². The summed E-state index contributed by atoms with van der Waals surface area (Å²) in [7, 11) is 5.08. The van der Waals surface area contributed by atoms with Gasteiger partial charge in [0.2, 0.25) is 8.32 Å². The third-order valence-electron chi connectivity index (χ3n) is 5.28. The van der Waals surface area contributed by atoms with E-state index in [9.17, 15) is 4.79 Å². The summed E-state index contributed by atoms with van der Waals surface area (Å²) in [6, 6.07) is 22.1. The zero-order chi connectivity index (χ0) is 24.9. The van der Waals surface area contributed by atoms with Crippen LogP contribution >= 0.6 is 0 Å². The smallest absolute Gasteiger partial charge is 0.220 e. The summed E-state index contributed by atoms with van der Waals surface area (Å²) in [6.07, 6.45) is 0. The Morgan fingerprint density at radius 2 is 1.44 bits per heavy atom. The molecule has 0 N–H and O–H groups in total. The molecule has 0 radical (unpaired) electrons. The number of nitrogens with zero attached hydrogens (tertiary/aromatic N) is 2. The van der Waals surface area contributed by atoms with Crippen LogP contribution in [0.3, 0.4) is 0 Å². The molecular weight excluding hydrogens is 444 g/mol. The summed E-state index contributed by atoms with van der Waals surface area (Å²) >= 11 is 0. The maximum Gasteiger partial charge on any atom is 0.220 e. The topological polar surface area (TPSA) is 51.2 Å². The highest BCUT2D eigenvalue weighted by molar-refractivity contribution is 6.69. The van der Waals surface area contributed by atoms with Crippen molar-refractivity contribution in [3.63, 3.8) is 0 Å². The minimum absolute atomic E-state index is 0.0792. The molecular formula is C27H34N2O4Si. The number of Topliss-reactive ketones (excluding diaryl/α,β-unsaturated/α-hetero) is 1. The predicted molar refractivity (Wildman–Crippen MR) is 141 cm³/mol. The van der Waals surface area contributed by atoms with Crippen molar-refractivity contribution in [3.8, 4) is 11.5 Å². The summed E-state index contributed by atoms with van der Waals surface area (Å²) in [5.41, 5.74) is 3.16. The van der Waals surface area contributed by atoms with Crippen molar-refractivity contribution in [2.45, 2.75) is 25.7 Å². The van der Waals surface area contributed by atoms with Gasteiger partial charge in [0.1, 0.15) is 23.2 Å². The molecule has 0 fully saturated rings. The molecule has 0 aliphatic carbocycles. The molecule has 0 saturated heterocycles. The van der Waals surface area contributed by atoms with E-state index < -0.39 is 14.4 Å². The number of para-hydroxylation sites is 2. The van der Waals surface area contributed by atoms with Crippen LogP contribution in [0.15, 0.2) is 72.8 Å². The molecule has 7 heteroatoms. The van der Waals surface area contributed by atoms with E-state index in [1.807, 2.05) is 67.5 Å². The second-order valence-corrected chi connectivity index (χ2v) is 13.6. The lowest BCUT2D eigenvalue weighted by Crippen LogP contribution is -2.42. The Kier molecular flexibility index (Phi) is 8.01. The Balaban J connectivity index is 2.19. The molecule has 0 aliphatic heterocycles. The van der Waals surface area contributed by atoms with Crippen LogP contribution in [-0.2, 0) is 4.53 Å².